The molecule has 7 heteroatoms. The first-order valence-electron chi connectivity index (χ1n) is 5.42. The summed E-state index contributed by atoms with van der Waals surface area (Å²) in [7, 11) is 0. The van der Waals surface area contributed by atoms with Gasteiger partial charge >= 0.3 is 0 Å². The molecule has 4 N–H and O–H groups in total. The number of amides is 1. The third-order valence-electron chi connectivity index (χ3n) is 2.39. The zero-order valence-electron chi connectivity index (χ0n) is 10.2. The Kier molecular flexibility index (Phi) is 4.63. The van der Waals surface area contributed by atoms with Crippen LogP contribution in [0.3, 0.4) is 0 Å². The second-order valence-corrected chi connectivity index (χ2v) is 4.17. The van der Waals surface area contributed by atoms with Gasteiger partial charge in [0, 0.05) is 23.5 Å². The van der Waals surface area contributed by atoms with Gasteiger partial charge in [0.25, 0.3) is 0 Å². The first kappa shape index (κ1) is 14.4. The highest BCUT2D eigenvalue weighted by Gasteiger charge is 2.08. The zero-order valence-corrected chi connectivity index (χ0v) is 11.0. The number of nitrogens with one attached hydrogen (secondary N) is 2. The van der Waals surface area contributed by atoms with Crippen molar-refractivity contribution in [1.82, 2.24) is 15.2 Å². The molecule has 0 saturated carbocycles. The molecule has 6 nitrogen and oxygen atoms in total. The van der Waals surface area contributed by atoms with Gasteiger partial charge in [-0.15, -0.1) is 12.4 Å². The number of carbonyl (C=O) groups is 1. The quantitative estimate of drug-likeness (QED) is 0.784. The summed E-state index contributed by atoms with van der Waals surface area (Å²) >= 11 is 0. The Bertz CT molecular complexity index is 551. The Morgan fingerprint density at radius 1 is 1.61 bits per heavy atom. The lowest BCUT2D eigenvalue weighted by Gasteiger charge is -2.06. The number of aromatic amines is 1. The second kappa shape index (κ2) is 5.79. The van der Waals surface area contributed by atoms with Gasteiger partial charge in [-0.1, -0.05) is 0 Å². The van der Waals surface area contributed by atoms with Crippen LogP contribution in [0.1, 0.15) is 19.0 Å². The van der Waals surface area contributed by atoms with E-state index in [-0.39, 0.29) is 24.4 Å². The second-order valence-electron chi connectivity index (χ2n) is 4.17. The topological polar surface area (TPSA) is 96.7 Å². The van der Waals surface area contributed by atoms with Gasteiger partial charge in [-0.2, -0.15) is 5.10 Å². The Labute approximate surface area is 111 Å². The number of aryl methyl sites for hydroxylation is 1. The monoisotopic (exact) mass is 269 g/mol. The van der Waals surface area contributed by atoms with Gasteiger partial charge in [0.1, 0.15) is 0 Å². The first-order valence-corrected chi connectivity index (χ1v) is 5.42. The predicted molar refractivity (Wildman–Crippen MR) is 72.8 cm³/mol. The first-order chi connectivity index (χ1) is 8.06. The van der Waals surface area contributed by atoms with Crippen molar-refractivity contribution in [2.24, 2.45) is 5.73 Å². The SMILES string of the molecule is Cc1[nH]nc2ncc(NC(=O)CC(C)N)cc12.Cl. The molecular formula is C11H16ClN5O. The maximum Gasteiger partial charge on any atom is 0.225 e. The largest absolute Gasteiger partial charge is 0.327 e. The van der Waals surface area contributed by atoms with E-state index in [0.29, 0.717) is 17.8 Å². The summed E-state index contributed by atoms with van der Waals surface area (Å²) in [5, 5.41) is 10.5. The van der Waals surface area contributed by atoms with Gasteiger partial charge in [0.2, 0.25) is 5.91 Å². The highest BCUT2D eigenvalue weighted by atomic mass is 35.5. The maximum absolute atomic E-state index is 11.5. The molecular weight excluding hydrogens is 254 g/mol. The lowest BCUT2D eigenvalue weighted by molar-refractivity contribution is -0.116. The van der Waals surface area contributed by atoms with E-state index in [4.69, 9.17) is 5.73 Å². The number of hydrogen-bond acceptors (Lipinski definition) is 4. The fourth-order valence-electron chi connectivity index (χ4n) is 1.59. The Morgan fingerprint density at radius 2 is 2.33 bits per heavy atom. The number of anilines is 1. The number of nitrogens with two attached hydrogens (primary N) is 1. The predicted octanol–water partition coefficient (Wildman–Crippen LogP) is 1.36. The standard InChI is InChI=1S/C11H15N5O.ClH/c1-6(12)3-10(17)14-8-4-9-7(2)15-16-11(9)13-5-8;/h4-6H,3,12H2,1-2H3,(H,14,17)(H,13,15,16);1H. The number of carbonyl (C=O) groups excluding carboxylic acids is 1. The summed E-state index contributed by atoms with van der Waals surface area (Å²) in [5.41, 5.74) is 7.79. The van der Waals surface area contributed by atoms with E-state index in [1.54, 1.807) is 13.1 Å². The average Bonchev–Trinajstić information content (AvgIpc) is 2.59. The van der Waals surface area contributed by atoms with E-state index >= 15 is 0 Å². The average molecular weight is 270 g/mol. The molecule has 0 spiro atoms. The molecule has 0 bridgehead atoms. The Hall–Kier alpha value is -1.66. The smallest absolute Gasteiger partial charge is 0.225 e. The normalized spacial score (nSPS) is 11.9. The molecule has 0 saturated heterocycles. The van der Waals surface area contributed by atoms with Crippen LogP contribution in [0.4, 0.5) is 5.69 Å². The molecule has 1 amide bonds. The van der Waals surface area contributed by atoms with E-state index in [9.17, 15) is 4.79 Å². The molecule has 2 rings (SSSR count). The van der Waals surface area contributed by atoms with Crippen molar-refractivity contribution in [2.45, 2.75) is 26.3 Å². The van der Waals surface area contributed by atoms with Crippen LogP contribution in [0.15, 0.2) is 12.3 Å². The van der Waals surface area contributed by atoms with E-state index < -0.39 is 0 Å². The van der Waals surface area contributed by atoms with Crippen molar-refractivity contribution in [2.75, 3.05) is 5.32 Å². The summed E-state index contributed by atoms with van der Waals surface area (Å²) in [5.74, 6) is -0.109. The van der Waals surface area contributed by atoms with Crippen molar-refractivity contribution in [3.8, 4) is 0 Å². The Morgan fingerprint density at radius 3 is 3.00 bits per heavy atom. The molecule has 0 aliphatic rings. The van der Waals surface area contributed by atoms with Crippen LogP contribution in [-0.4, -0.2) is 27.1 Å². The Balaban J connectivity index is 0.00000162. The van der Waals surface area contributed by atoms with Crippen LogP contribution in [0, 0.1) is 6.92 Å². The molecule has 0 aliphatic heterocycles. The van der Waals surface area contributed by atoms with Crippen LogP contribution in [0.2, 0.25) is 0 Å². The van der Waals surface area contributed by atoms with E-state index in [2.05, 4.69) is 20.5 Å². The molecule has 0 aliphatic carbocycles. The highest BCUT2D eigenvalue weighted by Crippen LogP contribution is 2.17. The number of pyridine rings is 1. The van der Waals surface area contributed by atoms with E-state index in [1.807, 2.05) is 13.0 Å². The van der Waals surface area contributed by atoms with Crippen molar-refractivity contribution < 1.29 is 4.79 Å². The number of aromatic nitrogens is 3. The molecule has 0 radical (unpaired) electrons. The lowest BCUT2D eigenvalue weighted by Crippen LogP contribution is -2.24. The minimum absolute atomic E-state index is 0. The molecule has 18 heavy (non-hydrogen) atoms. The van der Waals surface area contributed by atoms with Crippen molar-refractivity contribution >= 4 is 35.0 Å². The lowest BCUT2D eigenvalue weighted by atomic mass is 10.2. The number of fused-ring (bicyclic) bond motifs is 1. The molecule has 1 unspecified atom stereocenters. The van der Waals surface area contributed by atoms with Gasteiger partial charge in [-0.05, 0) is 19.9 Å². The number of halogens is 1. The summed E-state index contributed by atoms with van der Waals surface area (Å²) in [6, 6.07) is 1.70. The van der Waals surface area contributed by atoms with Crippen molar-refractivity contribution in [3.05, 3.63) is 18.0 Å². The third-order valence-corrected chi connectivity index (χ3v) is 2.39. The number of H-pyrrole nitrogens is 1. The van der Waals surface area contributed by atoms with E-state index in [0.717, 1.165) is 11.1 Å². The van der Waals surface area contributed by atoms with Crippen molar-refractivity contribution in [1.29, 1.82) is 0 Å². The number of nitrogens with zero attached hydrogens (tertiary/aromatic N) is 2. The molecule has 0 aromatic carbocycles. The molecule has 0 fully saturated rings. The zero-order chi connectivity index (χ0) is 12.4. The van der Waals surface area contributed by atoms with Gasteiger partial charge < -0.3 is 11.1 Å². The minimum atomic E-state index is -0.151. The fourth-order valence-corrected chi connectivity index (χ4v) is 1.59. The van der Waals surface area contributed by atoms with Gasteiger partial charge in [-0.3, -0.25) is 9.89 Å². The summed E-state index contributed by atoms with van der Waals surface area (Å²) in [6.45, 7) is 3.70. The summed E-state index contributed by atoms with van der Waals surface area (Å²) < 4.78 is 0. The van der Waals surface area contributed by atoms with Gasteiger partial charge in [0.05, 0.1) is 11.9 Å². The molecule has 1 atom stereocenters. The van der Waals surface area contributed by atoms with Crippen LogP contribution in [0.5, 0.6) is 0 Å². The molecule has 2 aromatic rings. The van der Waals surface area contributed by atoms with Gasteiger partial charge in [-0.25, -0.2) is 4.98 Å². The minimum Gasteiger partial charge on any atom is -0.327 e. The van der Waals surface area contributed by atoms with E-state index in [1.165, 1.54) is 0 Å². The molecule has 2 aromatic heterocycles. The molecule has 2 heterocycles. The fraction of sp³-hybridized carbons (Fsp3) is 0.364. The summed E-state index contributed by atoms with van der Waals surface area (Å²) in [4.78, 5) is 15.7. The van der Waals surface area contributed by atoms with Crippen LogP contribution < -0.4 is 11.1 Å². The number of rotatable bonds is 3. The highest BCUT2D eigenvalue weighted by molar-refractivity contribution is 5.93. The van der Waals surface area contributed by atoms with Crippen LogP contribution >= 0.6 is 12.4 Å². The van der Waals surface area contributed by atoms with Gasteiger partial charge in [0.15, 0.2) is 5.65 Å². The number of hydrogen-bond donors (Lipinski definition) is 3. The summed E-state index contributed by atoms with van der Waals surface area (Å²) in [6.07, 6.45) is 1.88. The van der Waals surface area contributed by atoms with Crippen LogP contribution in [-0.2, 0) is 4.79 Å². The van der Waals surface area contributed by atoms with Crippen LogP contribution in [0.25, 0.3) is 11.0 Å². The third kappa shape index (κ3) is 3.18. The molecule has 98 valence electrons. The van der Waals surface area contributed by atoms with Crippen molar-refractivity contribution in [3.63, 3.8) is 0 Å². The maximum atomic E-state index is 11.5.